The van der Waals surface area contributed by atoms with E-state index in [4.69, 9.17) is 9.05 Å². The Morgan fingerprint density at radius 3 is 1.70 bits per heavy atom. The van der Waals surface area contributed by atoms with Crippen molar-refractivity contribution in [2.75, 3.05) is 40.9 Å². The number of phosphoric ester groups is 1. The van der Waals surface area contributed by atoms with Gasteiger partial charge in [0.05, 0.1) is 39.9 Å². The van der Waals surface area contributed by atoms with Gasteiger partial charge in [-0.2, -0.15) is 0 Å². The van der Waals surface area contributed by atoms with E-state index >= 15 is 0 Å². The molecule has 0 heterocycles. The number of rotatable bonds is 33. The van der Waals surface area contributed by atoms with E-state index in [0.29, 0.717) is 17.4 Å². The molecule has 0 bridgehead atoms. The van der Waals surface area contributed by atoms with E-state index in [1.54, 1.807) is 6.08 Å². The van der Waals surface area contributed by atoms with Crippen molar-refractivity contribution >= 4 is 13.7 Å². The fourth-order valence-electron chi connectivity index (χ4n) is 5.01. The number of hydrogen-bond donors (Lipinski definition) is 3. The summed E-state index contributed by atoms with van der Waals surface area (Å²) in [6.07, 6.45) is 35.9. The van der Waals surface area contributed by atoms with E-state index in [9.17, 15) is 19.4 Å². The van der Waals surface area contributed by atoms with Crippen LogP contribution in [0.15, 0.2) is 36.5 Å². The van der Waals surface area contributed by atoms with Crippen molar-refractivity contribution in [2.45, 2.75) is 161 Å². The van der Waals surface area contributed by atoms with E-state index in [0.717, 1.165) is 44.9 Å². The van der Waals surface area contributed by atoms with Crippen LogP contribution in [-0.2, 0) is 18.4 Å². The predicted octanol–water partition coefficient (Wildman–Crippen LogP) is 9.57. The van der Waals surface area contributed by atoms with Crippen LogP contribution in [0.5, 0.6) is 0 Å². The molecular weight excluding hydrogens is 611 g/mol. The summed E-state index contributed by atoms with van der Waals surface area (Å²) in [5.74, 6) is -0.218. The number of quaternary nitrogens is 1. The number of hydrogen-bond acceptors (Lipinski definition) is 5. The summed E-state index contributed by atoms with van der Waals surface area (Å²) < 4.78 is 23.2. The number of likely N-dealkylation sites (N-methyl/N-ethyl adjacent to an activating group) is 1. The highest BCUT2D eigenvalue weighted by molar-refractivity contribution is 7.47. The Morgan fingerprint density at radius 2 is 1.17 bits per heavy atom. The summed E-state index contributed by atoms with van der Waals surface area (Å²) >= 11 is 0. The molecule has 0 saturated carbocycles. The number of aliphatic hydroxyl groups is 1. The van der Waals surface area contributed by atoms with Crippen LogP contribution in [0.25, 0.3) is 0 Å². The van der Waals surface area contributed by atoms with Gasteiger partial charge >= 0.3 is 7.82 Å². The fraction of sp³-hybridized carbons (Fsp3) is 0.816. The lowest BCUT2D eigenvalue weighted by atomic mass is 10.0. The minimum absolute atomic E-state index is 0.0526. The Bertz CT molecular complexity index is 871. The smallest absolute Gasteiger partial charge is 0.387 e. The third kappa shape index (κ3) is 33.0. The molecule has 0 fully saturated rings. The first-order valence-electron chi connectivity index (χ1n) is 18.9. The monoisotopic (exact) mass is 686 g/mol. The number of allylic oxidation sites excluding steroid dienone is 5. The van der Waals surface area contributed by atoms with Gasteiger partial charge in [0.2, 0.25) is 5.91 Å². The molecule has 0 aliphatic carbocycles. The molecule has 9 heteroatoms. The number of unbranched alkanes of at least 4 members (excludes halogenated alkanes) is 16. The van der Waals surface area contributed by atoms with Gasteiger partial charge in [-0.05, 0) is 44.9 Å². The van der Waals surface area contributed by atoms with E-state index in [1.165, 1.54) is 83.5 Å². The Kier molecular flexibility index (Phi) is 29.9. The third-order valence-corrected chi connectivity index (χ3v) is 9.07. The maximum Gasteiger partial charge on any atom is 0.472 e. The summed E-state index contributed by atoms with van der Waals surface area (Å²) in [6.45, 7) is 4.58. The van der Waals surface area contributed by atoms with Crippen molar-refractivity contribution in [3.8, 4) is 0 Å². The molecule has 1 amide bonds. The van der Waals surface area contributed by atoms with Crippen LogP contribution in [-0.4, -0.2) is 73.4 Å². The van der Waals surface area contributed by atoms with Gasteiger partial charge < -0.3 is 19.8 Å². The number of nitrogens with zero attached hydrogens (tertiary/aromatic N) is 1. The lowest BCUT2D eigenvalue weighted by Crippen LogP contribution is -2.45. The van der Waals surface area contributed by atoms with Crippen molar-refractivity contribution in [3.05, 3.63) is 36.5 Å². The van der Waals surface area contributed by atoms with Crippen molar-refractivity contribution in [2.24, 2.45) is 0 Å². The van der Waals surface area contributed by atoms with Gasteiger partial charge in [0, 0.05) is 6.42 Å². The summed E-state index contributed by atoms with van der Waals surface area (Å²) in [4.78, 5) is 22.5. The van der Waals surface area contributed by atoms with E-state index in [1.807, 2.05) is 27.2 Å². The van der Waals surface area contributed by atoms with Gasteiger partial charge in [-0.25, -0.2) is 4.57 Å². The topological polar surface area (TPSA) is 105 Å². The van der Waals surface area contributed by atoms with Crippen LogP contribution in [0.3, 0.4) is 0 Å². The molecule has 3 unspecified atom stereocenters. The van der Waals surface area contributed by atoms with Crippen molar-refractivity contribution in [1.29, 1.82) is 0 Å². The van der Waals surface area contributed by atoms with Gasteiger partial charge in [-0.15, -0.1) is 0 Å². The zero-order valence-corrected chi connectivity index (χ0v) is 31.9. The minimum Gasteiger partial charge on any atom is -0.387 e. The normalized spacial score (nSPS) is 15.1. The third-order valence-electron chi connectivity index (χ3n) is 8.09. The molecule has 0 rings (SSSR count). The van der Waals surface area contributed by atoms with Gasteiger partial charge in [-0.1, -0.05) is 134 Å². The van der Waals surface area contributed by atoms with Crippen LogP contribution >= 0.6 is 7.82 Å². The summed E-state index contributed by atoms with van der Waals surface area (Å²) in [7, 11) is 1.54. The fourth-order valence-corrected chi connectivity index (χ4v) is 5.75. The second kappa shape index (κ2) is 30.8. The SMILES string of the molecule is CCCCCCCCCCCCCC/C=C/CC/C=C/CC/C=C/C(O)C(COP(=O)(O)OCC[N+](C)(C)C)NC(=O)CCCCC. The molecule has 0 aromatic heterocycles. The molecule has 276 valence electrons. The maximum absolute atomic E-state index is 12.4. The highest BCUT2D eigenvalue weighted by atomic mass is 31.2. The number of phosphoric acid groups is 1. The van der Waals surface area contributed by atoms with Crippen LogP contribution in [0.1, 0.15) is 149 Å². The molecule has 8 nitrogen and oxygen atoms in total. The quantitative estimate of drug-likeness (QED) is 0.0275. The van der Waals surface area contributed by atoms with Crippen molar-refractivity contribution in [1.82, 2.24) is 5.32 Å². The Morgan fingerprint density at radius 1 is 0.702 bits per heavy atom. The van der Waals surface area contributed by atoms with Crippen LogP contribution in [0.2, 0.25) is 0 Å². The molecule has 3 atom stereocenters. The highest BCUT2D eigenvalue weighted by Crippen LogP contribution is 2.43. The van der Waals surface area contributed by atoms with Crippen LogP contribution in [0.4, 0.5) is 0 Å². The zero-order chi connectivity index (χ0) is 35.1. The van der Waals surface area contributed by atoms with E-state index < -0.39 is 20.0 Å². The Balaban J connectivity index is 4.25. The van der Waals surface area contributed by atoms with E-state index in [-0.39, 0.29) is 19.1 Å². The summed E-state index contributed by atoms with van der Waals surface area (Å²) in [5.41, 5.74) is 0. The lowest BCUT2D eigenvalue weighted by molar-refractivity contribution is -0.870. The standard InChI is InChI=1S/C38H73N2O6P/c1-6-8-10-11-12-13-14-15-16-17-18-19-20-21-22-23-24-25-26-27-28-30-31-37(41)36(39-38(42)32-29-9-7-2)35-46-47(43,44)45-34-33-40(3,4)5/h21-22,25-26,30-31,36-37,41H,6-20,23-24,27-29,32-35H2,1-5H3,(H-,39,42,43,44)/p+1/b22-21+,26-25+,31-30+. The first-order chi connectivity index (χ1) is 22.5. The Hall–Kier alpha value is -1.28. The average molecular weight is 686 g/mol. The first kappa shape index (κ1) is 45.7. The lowest BCUT2D eigenvalue weighted by Gasteiger charge is -2.25. The van der Waals surface area contributed by atoms with Gasteiger partial charge in [-0.3, -0.25) is 13.8 Å². The number of carbonyl (C=O) groups is 1. The second-order valence-corrected chi connectivity index (χ2v) is 15.4. The molecule has 0 saturated heterocycles. The molecule has 0 aliphatic rings. The molecular formula is C38H74N2O6P+. The zero-order valence-electron chi connectivity index (χ0n) is 31.0. The van der Waals surface area contributed by atoms with Crippen LogP contribution in [0, 0.1) is 0 Å². The van der Waals surface area contributed by atoms with E-state index in [2.05, 4.69) is 43.5 Å². The predicted molar refractivity (Wildman–Crippen MR) is 198 cm³/mol. The minimum atomic E-state index is -4.32. The van der Waals surface area contributed by atoms with Crippen LogP contribution < -0.4 is 5.32 Å². The number of aliphatic hydroxyl groups excluding tert-OH is 1. The molecule has 47 heavy (non-hydrogen) atoms. The molecule has 0 aliphatic heterocycles. The molecule has 0 aromatic rings. The first-order valence-corrected chi connectivity index (χ1v) is 20.4. The second-order valence-electron chi connectivity index (χ2n) is 13.9. The molecule has 0 radical (unpaired) electrons. The highest BCUT2D eigenvalue weighted by Gasteiger charge is 2.27. The maximum atomic E-state index is 12.4. The van der Waals surface area contributed by atoms with Crippen molar-refractivity contribution < 1.29 is 32.9 Å². The van der Waals surface area contributed by atoms with Gasteiger partial charge in [0.25, 0.3) is 0 Å². The summed E-state index contributed by atoms with van der Waals surface area (Å²) in [6, 6.07) is -0.861. The molecule has 0 aromatic carbocycles. The number of amides is 1. The molecule has 0 spiro atoms. The Labute approximate surface area is 289 Å². The number of carbonyl (C=O) groups excluding carboxylic acids is 1. The number of nitrogens with one attached hydrogen (secondary N) is 1. The van der Waals surface area contributed by atoms with Gasteiger partial charge in [0.15, 0.2) is 0 Å². The summed E-state index contributed by atoms with van der Waals surface area (Å²) in [5, 5.41) is 13.5. The molecule has 3 N–H and O–H groups in total. The van der Waals surface area contributed by atoms with Gasteiger partial charge in [0.1, 0.15) is 13.2 Å². The largest absolute Gasteiger partial charge is 0.472 e. The van der Waals surface area contributed by atoms with Crippen molar-refractivity contribution in [3.63, 3.8) is 0 Å². The average Bonchev–Trinajstić information content (AvgIpc) is 3.01.